The minimum absolute atomic E-state index is 0.259. The van der Waals surface area contributed by atoms with Gasteiger partial charge in [0.2, 0.25) is 0 Å². The third-order valence-corrected chi connectivity index (χ3v) is 5.25. The first-order chi connectivity index (χ1) is 13.7. The highest BCUT2D eigenvalue weighted by Crippen LogP contribution is 2.35. The van der Waals surface area contributed by atoms with E-state index in [2.05, 4.69) is 9.97 Å². The van der Waals surface area contributed by atoms with Crippen molar-refractivity contribution in [3.05, 3.63) is 83.9 Å². The first-order valence-electron chi connectivity index (χ1n) is 8.55. The van der Waals surface area contributed by atoms with Crippen molar-refractivity contribution in [3.63, 3.8) is 0 Å². The first kappa shape index (κ1) is 18.1. The van der Waals surface area contributed by atoms with Gasteiger partial charge in [-0.1, -0.05) is 29.5 Å². The number of benzene rings is 2. The van der Waals surface area contributed by atoms with Crippen LogP contribution in [0.5, 0.6) is 5.75 Å². The lowest BCUT2D eigenvalue weighted by molar-refractivity contribution is 0.0984. The molecule has 1 amide bonds. The summed E-state index contributed by atoms with van der Waals surface area (Å²) in [7, 11) is 1.58. The molecule has 0 aliphatic carbocycles. The highest BCUT2D eigenvalue weighted by Gasteiger charge is 2.23. The molecular formula is C21H16FN3O2S. The molecule has 0 unspecified atom stereocenters. The van der Waals surface area contributed by atoms with Gasteiger partial charge >= 0.3 is 0 Å². The molecule has 2 aromatic carbocycles. The smallest absolute Gasteiger partial charge is 0.260 e. The first-order valence-corrected chi connectivity index (χ1v) is 9.37. The van der Waals surface area contributed by atoms with E-state index in [1.54, 1.807) is 25.6 Å². The van der Waals surface area contributed by atoms with E-state index in [0.29, 0.717) is 16.4 Å². The predicted molar refractivity (Wildman–Crippen MR) is 107 cm³/mol. The molecule has 140 valence electrons. The van der Waals surface area contributed by atoms with Crippen LogP contribution in [-0.4, -0.2) is 23.0 Å². The number of pyridine rings is 1. The van der Waals surface area contributed by atoms with Crippen molar-refractivity contribution in [2.75, 3.05) is 12.0 Å². The van der Waals surface area contributed by atoms with Crippen molar-refractivity contribution in [2.45, 2.75) is 6.54 Å². The SMILES string of the molecule is COc1cccc2sc(N(Cc3cccnc3)C(=O)c3cccc(F)c3)nc12. The molecule has 28 heavy (non-hydrogen) atoms. The zero-order valence-corrected chi connectivity index (χ0v) is 15.8. The number of carbonyl (C=O) groups is 1. The van der Waals surface area contributed by atoms with Gasteiger partial charge in [0.25, 0.3) is 5.91 Å². The third kappa shape index (κ3) is 3.57. The van der Waals surface area contributed by atoms with Crippen molar-refractivity contribution in [1.29, 1.82) is 0 Å². The zero-order chi connectivity index (χ0) is 19.5. The van der Waals surface area contributed by atoms with Gasteiger partial charge < -0.3 is 4.74 Å². The van der Waals surface area contributed by atoms with Gasteiger partial charge in [-0.15, -0.1) is 0 Å². The Morgan fingerprint density at radius 3 is 2.79 bits per heavy atom. The molecule has 0 saturated heterocycles. The van der Waals surface area contributed by atoms with Crippen molar-refractivity contribution in [2.24, 2.45) is 0 Å². The van der Waals surface area contributed by atoms with Gasteiger partial charge in [-0.2, -0.15) is 0 Å². The second-order valence-electron chi connectivity index (χ2n) is 6.07. The fourth-order valence-corrected chi connectivity index (χ4v) is 3.85. The van der Waals surface area contributed by atoms with Gasteiger partial charge in [-0.05, 0) is 42.0 Å². The van der Waals surface area contributed by atoms with Crippen LogP contribution in [0.25, 0.3) is 10.2 Å². The largest absolute Gasteiger partial charge is 0.494 e. The van der Waals surface area contributed by atoms with Gasteiger partial charge in [0.05, 0.1) is 18.4 Å². The highest BCUT2D eigenvalue weighted by atomic mass is 32.1. The fourth-order valence-electron chi connectivity index (χ4n) is 2.87. The van der Waals surface area contributed by atoms with Gasteiger partial charge in [-0.25, -0.2) is 9.37 Å². The van der Waals surface area contributed by atoms with Gasteiger partial charge in [0.1, 0.15) is 17.1 Å². The van der Waals surface area contributed by atoms with Crippen LogP contribution in [0.1, 0.15) is 15.9 Å². The molecule has 2 aromatic heterocycles. The Hall–Kier alpha value is -3.32. The standard InChI is InChI=1S/C21H16FN3O2S/c1-27-17-8-3-9-18-19(17)24-21(28-18)25(13-14-5-4-10-23-12-14)20(26)15-6-2-7-16(22)11-15/h2-12H,13H2,1H3. The number of anilines is 1. The summed E-state index contributed by atoms with van der Waals surface area (Å²) in [4.78, 5) is 23.5. The predicted octanol–water partition coefficient (Wildman–Crippen LogP) is 4.69. The van der Waals surface area contributed by atoms with Crippen LogP contribution in [-0.2, 0) is 6.54 Å². The molecule has 0 N–H and O–H groups in total. The summed E-state index contributed by atoms with van der Waals surface area (Å²) in [6, 6.07) is 15.0. The fraction of sp³-hybridized carbons (Fsp3) is 0.0952. The molecule has 0 bridgehead atoms. The quantitative estimate of drug-likeness (QED) is 0.494. The average molecular weight is 393 g/mol. The van der Waals surface area contributed by atoms with E-state index in [0.717, 1.165) is 10.3 Å². The number of hydrogen-bond donors (Lipinski definition) is 0. The highest BCUT2D eigenvalue weighted by molar-refractivity contribution is 7.22. The molecule has 4 rings (SSSR count). The molecule has 0 fully saturated rings. The molecule has 0 aliphatic rings. The summed E-state index contributed by atoms with van der Waals surface area (Å²) in [5, 5.41) is 0.512. The van der Waals surface area contributed by atoms with E-state index in [4.69, 9.17) is 4.74 Å². The zero-order valence-electron chi connectivity index (χ0n) is 15.0. The average Bonchev–Trinajstić information content (AvgIpc) is 3.16. The maximum absolute atomic E-state index is 13.7. The van der Waals surface area contributed by atoms with Crippen LogP contribution >= 0.6 is 11.3 Å². The number of thiazole rings is 1. The topological polar surface area (TPSA) is 55.3 Å². The maximum atomic E-state index is 13.7. The molecule has 0 saturated carbocycles. The normalized spacial score (nSPS) is 10.8. The molecule has 4 aromatic rings. The number of methoxy groups -OCH3 is 1. The number of halogens is 1. The maximum Gasteiger partial charge on any atom is 0.260 e. The summed E-state index contributed by atoms with van der Waals surface area (Å²) in [5.74, 6) is -0.154. The molecule has 5 nitrogen and oxygen atoms in total. The van der Waals surface area contributed by atoms with E-state index in [9.17, 15) is 9.18 Å². The molecule has 0 atom stereocenters. The van der Waals surface area contributed by atoms with Gasteiger partial charge in [0, 0.05) is 18.0 Å². The summed E-state index contributed by atoms with van der Waals surface area (Å²) in [5.41, 5.74) is 1.79. The van der Waals surface area contributed by atoms with Crippen molar-refractivity contribution >= 4 is 32.6 Å². The Morgan fingerprint density at radius 1 is 1.18 bits per heavy atom. The number of hydrogen-bond acceptors (Lipinski definition) is 5. The van der Waals surface area contributed by atoms with Gasteiger partial charge in [-0.3, -0.25) is 14.7 Å². The van der Waals surface area contributed by atoms with E-state index in [1.165, 1.54) is 34.4 Å². The Bertz CT molecular complexity index is 1130. The molecule has 0 spiro atoms. The lowest BCUT2D eigenvalue weighted by Gasteiger charge is -2.20. The van der Waals surface area contributed by atoms with Crippen LogP contribution in [0.4, 0.5) is 9.52 Å². The Balaban J connectivity index is 1.79. The minimum Gasteiger partial charge on any atom is -0.494 e. The van der Waals surface area contributed by atoms with Crippen LogP contribution in [0, 0.1) is 5.82 Å². The van der Waals surface area contributed by atoms with Crippen molar-refractivity contribution in [3.8, 4) is 5.75 Å². The summed E-state index contributed by atoms with van der Waals surface area (Å²) in [6.07, 6.45) is 3.37. The summed E-state index contributed by atoms with van der Waals surface area (Å²) < 4.78 is 20.0. The van der Waals surface area contributed by atoms with Crippen molar-refractivity contribution < 1.29 is 13.9 Å². The molecule has 0 aliphatic heterocycles. The number of rotatable bonds is 5. The van der Waals surface area contributed by atoms with Crippen LogP contribution in [0.2, 0.25) is 0 Å². The Labute approximate surface area is 165 Å². The molecular weight excluding hydrogens is 377 g/mol. The molecule has 0 radical (unpaired) electrons. The summed E-state index contributed by atoms with van der Waals surface area (Å²) >= 11 is 1.38. The van der Waals surface area contributed by atoms with Crippen LogP contribution in [0.15, 0.2) is 67.0 Å². The number of amides is 1. The number of para-hydroxylation sites is 1. The van der Waals surface area contributed by atoms with E-state index >= 15 is 0 Å². The van der Waals surface area contributed by atoms with E-state index in [1.807, 2.05) is 30.3 Å². The number of carbonyl (C=O) groups excluding carboxylic acids is 1. The third-order valence-electron chi connectivity index (χ3n) is 4.20. The monoisotopic (exact) mass is 393 g/mol. The lowest BCUT2D eigenvalue weighted by atomic mass is 10.2. The van der Waals surface area contributed by atoms with E-state index < -0.39 is 5.82 Å². The van der Waals surface area contributed by atoms with E-state index in [-0.39, 0.29) is 18.0 Å². The van der Waals surface area contributed by atoms with Crippen LogP contribution in [0.3, 0.4) is 0 Å². The van der Waals surface area contributed by atoms with Crippen LogP contribution < -0.4 is 9.64 Å². The number of fused-ring (bicyclic) bond motifs is 1. The minimum atomic E-state index is -0.460. The number of ether oxygens (including phenoxy) is 1. The lowest BCUT2D eigenvalue weighted by Crippen LogP contribution is -2.30. The molecule has 7 heteroatoms. The van der Waals surface area contributed by atoms with Gasteiger partial charge in [0.15, 0.2) is 5.13 Å². The summed E-state index contributed by atoms with van der Waals surface area (Å²) in [6.45, 7) is 0.269. The Kier molecular flexibility index (Phi) is 4.99. The Morgan fingerprint density at radius 2 is 2.04 bits per heavy atom. The number of aromatic nitrogens is 2. The number of nitrogens with zero attached hydrogens (tertiary/aromatic N) is 3. The second kappa shape index (κ2) is 7.74. The van der Waals surface area contributed by atoms with Crippen molar-refractivity contribution in [1.82, 2.24) is 9.97 Å². The second-order valence-corrected chi connectivity index (χ2v) is 7.08. The molecule has 2 heterocycles.